The van der Waals surface area contributed by atoms with E-state index in [-0.39, 0.29) is 11.7 Å². The van der Waals surface area contributed by atoms with Gasteiger partial charge in [0.1, 0.15) is 5.82 Å². The van der Waals surface area contributed by atoms with E-state index in [0.29, 0.717) is 25.9 Å². The molecule has 3 aromatic carbocycles. The fourth-order valence-electron chi connectivity index (χ4n) is 5.34. The first-order valence-corrected chi connectivity index (χ1v) is 11.7. The number of halogens is 4. The monoisotopic (exact) mass is 495 g/mol. The third kappa shape index (κ3) is 4.36. The SMILES string of the molecule is CC(=O)N1CCC(Cc2ccc(C(F)(F)F)cc2)(c2cc3cnn(-c4ccc(F)cc4)c3cc2C)C1. The Hall–Kier alpha value is -3.68. The van der Waals surface area contributed by atoms with E-state index in [4.69, 9.17) is 0 Å². The lowest BCUT2D eigenvalue weighted by molar-refractivity contribution is -0.137. The predicted octanol–water partition coefficient (Wildman–Crippen LogP) is 6.22. The lowest BCUT2D eigenvalue weighted by atomic mass is 9.73. The van der Waals surface area contributed by atoms with Gasteiger partial charge in [-0.3, -0.25) is 4.79 Å². The van der Waals surface area contributed by atoms with E-state index in [0.717, 1.165) is 45.4 Å². The summed E-state index contributed by atoms with van der Waals surface area (Å²) in [6.07, 6.45) is -1.42. The van der Waals surface area contributed by atoms with Crippen LogP contribution in [0, 0.1) is 12.7 Å². The van der Waals surface area contributed by atoms with Crippen molar-refractivity contribution in [1.82, 2.24) is 14.7 Å². The number of carbonyl (C=O) groups is 1. The van der Waals surface area contributed by atoms with E-state index in [1.54, 1.807) is 27.9 Å². The van der Waals surface area contributed by atoms with Crippen LogP contribution in [0.2, 0.25) is 0 Å². The number of benzene rings is 3. The van der Waals surface area contributed by atoms with Gasteiger partial charge in [0.2, 0.25) is 5.91 Å². The van der Waals surface area contributed by atoms with E-state index >= 15 is 0 Å². The molecule has 0 N–H and O–H groups in total. The molecule has 0 radical (unpaired) electrons. The average molecular weight is 496 g/mol. The molecule has 186 valence electrons. The summed E-state index contributed by atoms with van der Waals surface area (Å²) in [6, 6.07) is 15.5. The number of likely N-dealkylation sites (tertiary alicyclic amines) is 1. The number of alkyl halides is 3. The third-order valence-corrected chi connectivity index (χ3v) is 7.18. The van der Waals surface area contributed by atoms with Crippen molar-refractivity contribution >= 4 is 16.8 Å². The summed E-state index contributed by atoms with van der Waals surface area (Å²) in [5, 5.41) is 5.41. The molecule has 1 aliphatic rings. The summed E-state index contributed by atoms with van der Waals surface area (Å²) in [7, 11) is 0. The fraction of sp³-hybridized carbons (Fsp3) is 0.286. The van der Waals surface area contributed by atoms with Crippen LogP contribution in [0.1, 0.15) is 35.6 Å². The first-order chi connectivity index (χ1) is 17.1. The maximum atomic E-state index is 13.4. The number of fused-ring (bicyclic) bond motifs is 1. The highest BCUT2D eigenvalue weighted by Crippen LogP contribution is 2.41. The molecule has 1 atom stereocenters. The topological polar surface area (TPSA) is 38.1 Å². The Balaban J connectivity index is 1.57. The molecule has 2 heterocycles. The first kappa shape index (κ1) is 24.0. The molecule has 0 aliphatic carbocycles. The number of amides is 1. The second-order valence-corrected chi connectivity index (χ2v) is 9.60. The van der Waals surface area contributed by atoms with E-state index in [1.165, 1.54) is 31.2 Å². The molecule has 0 saturated carbocycles. The zero-order chi connectivity index (χ0) is 25.7. The van der Waals surface area contributed by atoms with Gasteiger partial charge in [-0.25, -0.2) is 9.07 Å². The van der Waals surface area contributed by atoms with Gasteiger partial charge in [-0.05, 0) is 85.0 Å². The van der Waals surface area contributed by atoms with E-state index in [1.807, 2.05) is 13.0 Å². The second-order valence-electron chi connectivity index (χ2n) is 9.60. The highest BCUT2D eigenvalue weighted by Gasteiger charge is 2.42. The van der Waals surface area contributed by atoms with Crippen LogP contribution in [-0.2, 0) is 22.8 Å². The molecule has 4 nitrogen and oxygen atoms in total. The summed E-state index contributed by atoms with van der Waals surface area (Å²) in [5.41, 5.74) is 3.33. The van der Waals surface area contributed by atoms with Gasteiger partial charge in [0.05, 0.1) is 23.0 Å². The van der Waals surface area contributed by atoms with Gasteiger partial charge in [0.15, 0.2) is 0 Å². The van der Waals surface area contributed by atoms with Crippen molar-refractivity contribution in [2.24, 2.45) is 0 Å². The largest absolute Gasteiger partial charge is 0.416 e. The van der Waals surface area contributed by atoms with Crippen molar-refractivity contribution in [3.63, 3.8) is 0 Å². The molecule has 1 saturated heterocycles. The molecule has 8 heteroatoms. The molecule has 0 spiro atoms. The Bertz CT molecular complexity index is 1420. The maximum absolute atomic E-state index is 13.4. The van der Waals surface area contributed by atoms with Crippen molar-refractivity contribution in [1.29, 1.82) is 0 Å². The first-order valence-electron chi connectivity index (χ1n) is 11.7. The minimum atomic E-state index is -4.39. The Morgan fingerprint density at radius 1 is 1.06 bits per heavy atom. The summed E-state index contributed by atoms with van der Waals surface area (Å²) in [6.45, 7) is 4.61. The highest BCUT2D eigenvalue weighted by atomic mass is 19.4. The Morgan fingerprint density at radius 3 is 2.36 bits per heavy atom. The van der Waals surface area contributed by atoms with Gasteiger partial charge in [-0.2, -0.15) is 18.3 Å². The van der Waals surface area contributed by atoms with Crippen molar-refractivity contribution in [2.75, 3.05) is 13.1 Å². The summed E-state index contributed by atoms with van der Waals surface area (Å²) >= 11 is 0. The van der Waals surface area contributed by atoms with Crippen molar-refractivity contribution in [3.05, 3.63) is 94.9 Å². The van der Waals surface area contributed by atoms with Gasteiger partial charge >= 0.3 is 6.18 Å². The zero-order valence-corrected chi connectivity index (χ0v) is 19.9. The summed E-state index contributed by atoms with van der Waals surface area (Å²) in [5.74, 6) is -0.345. The number of hydrogen-bond acceptors (Lipinski definition) is 2. The van der Waals surface area contributed by atoms with Gasteiger partial charge in [0.25, 0.3) is 0 Å². The minimum Gasteiger partial charge on any atom is -0.342 e. The molecule has 4 aromatic rings. The highest BCUT2D eigenvalue weighted by molar-refractivity contribution is 5.83. The number of hydrogen-bond donors (Lipinski definition) is 0. The molecule has 0 bridgehead atoms. The summed E-state index contributed by atoms with van der Waals surface area (Å²) in [4.78, 5) is 14.0. The fourth-order valence-corrected chi connectivity index (χ4v) is 5.34. The zero-order valence-electron chi connectivity index (χ0n) is 19.9. The van der Waals surface area contributed by atoms with Crippen LogP contribution in [0.5, 0.6) is 0 Å². The lowest BCUT2D eigenvalue weighted by Gasteiger charge is -2.32. The molecule has 1 fully saturated rings. The average Bonchev–Trinajstić information content (AvgIpc) is 3.44. The minimum absolute atomic E-state index is 0.0212. The van der Waals surface area contributed by atoms with Crippen LogP contribution >= 0.6 is 0 Å². The molecule has 1 aliphatic heterocycles. The van der Waals surface area contributed by atoms with Crippen molar-refractivity contribution in [2.45, 2.75) is 38.3 Å². The molecule has 5 rings (SSSR count). The van der Waals surface area contributed by atoms with Crippen LogP contribution < -0.4 is 0 Å². The van der Waals surface area contributed by atoms with Gasteiger partial charge in [-0.15, -0.1) is 0 Å². The van der Waals surface area contributed by atoms with Crippen LogP contribution in [0.3, 0.4) is 0 Å². The second kappa shape index (κ2) is 8.76. The van der Waals surface area contributed by atoms with Crippen LogP contribution in [0.4, 0.5) is 17.6 Å². The number of rotatable bonds is 4. The van der Waals surface area contributed by atoms with Crippen molar-refractivity contribution < 1.29 is 22.4 Å². The van der Waals surface area contributed by atoms with Crippen LogP contribution in [-0.4, -0.2) is 33.7 Å². The number of nitrogens with zero attached hydrogens (tertiary/aromatic N) is 3. The quantitative estimate of drug-likeness (QED) is 0.315. The Morgan fingerprint density at radius 2 is 1.75 bits per heavy atom. The van der Waals surface area contributed by atoms with Gasteiger partial charge in [-0.1, -0.05) is 12.1 Å². The molecule has 36 heavy (non-hydrogen) atoms. The maximum Gasteiger partial charge on any atom is 0.416 e. The molecule has 1 amide bonds. The lowest BCUT2D eigenvalue weighted by Crippen LogP contribution is -2.35. The molecular formula is C28H25F4N3O. The van der Waals surface area contributed by atoms with E-state index < -0.39 is 17.2 Å². The number of carbonyl (C=O) groups excluding carboxylic acids is 1. The smallest absolute Gasteiger partial charge is 0.342 e. The number of aryl methyl sites for hydroxylation is 1. The van der Waals surface area contributed by atoms with Gasteiger partial charge in [0, 0.05) is 30.8 Å². The molecule has 1 unspecified atom stereocenters. The number of aromatic nitrogens is 2. The predicted molar refractivity (Wildman–Crippen MR) is 129 cm³/mol. The van der Waals surface area contributed by atoms with E-state index in [2.05, 4.69) is 11.2 Å². The standard InChI is InChI=1S/C28H25F4N3O/c1-18-13-26-21(16-33-35(26)24-9-7-23(29)8-10-24)14-25(18)27(11-12-34(17-27)19(2)36)15-20-3-5-22(6-4-20)28(30,31)32/h3-10,13-14,16H,11-12,15,17H2,1-2H3. The van der Waals surface area contributed by atoms with Crippen LogP contribution in [0.25, 0.3) is 16.6 Å². The van der Waals surface area contributed by atoms with Crippen LogP contribution in [0.15, 0.2) is 66.9 Å². The molecule has 1 aromatic heterocycles. The van der Waals surface area contributed by atoms with E-state index in [9.17, 15) is 22.4 Å². The van der Waals surface area contributed by atoms with Crippen molar-refractivity contribution in [3.8, 4) is 5.69 Å². The third-order valence-electron chi connectivity index (χ3n) is 7.18. The Labute approximate surface area is 206 Å². The van der Waals surface area contributed by atoms with Gasteiger partial charge < -0.3 is 4.90 Å². The normalized spacial score (nSPS) is 18.2. The summed E-state index contributed by atoms with van der Waals surface area (Å²) < 4.78 is 54.4. The molecular weight excluding hydrogens is 470 g/mol. The Kier molecular flexibility index (Phi) is 5.85.